The molecule has 3 N–H and O–H groups in total. The summed E-state index contributed by atoms with van der Waals surface area (Å²) in [4.78, 5) is 31.6. The standard InChI is InChI=1S/C16H20N4O4/c1-2-23-13-6-5-11-14(20-13)15(21)12(9-17-11)19-16(22)18-8-10-4-3-7-24-10/h5-6,9-10H,2-4,7-8H2,1H3,(H,17,21)(H2,18,19,22). The third-order valence-electron chi connectivity index (χ3n) is 3.76. The number of aromatic amines is 1. The highest BCUT2D eigenvalue weighted by molar-refractivity contribution is 5.91. The van der Waals surface area contributed by atoms with Crippen molar-refractivity contribution in [3.63, 3.8) is 0 Å². The first-order valence-corrected chi connectivity index (χ1v) is 7.99. The first-order chi connectivity index (χ1) is 11.7. The molecule has 1 atom stereocenters. The summed E-state index contributed by atoms with van der Waals surface area (Å²) in [5.74, 6) is 0.371. The van der Waals surface area contributed by atoms with E-state index in [-0.39, 0.29) is 22.7 Å². The van der Waals surface area contributed by atoms with Crippen LogP contribution in [0.25, 0.3) is 11.0 Å². The molecular weight excluding hydrogens is 312 g/mol. The van der Waals surface area contributed by atoms with E-state index < -0.39 is 6.03 Å². The van der Waals surface area contributed by atoms with Gasteiger partial charge in [0.05, 0.1) is 18.2 Å². The Kier molecular flexibility index (Phi) is 4.95. The lowest BCUT2D eigenvalue weighted by molar-refractivity contribution is 0.112. The monoisotopic (exact) mass is 332 g/mol. The number of hydrogen-bond donors (Lipinski definition) is 3. The van der Waals surface area contributed by atoms with Crippen LogP contribution < -0.4 is 20.8 Å². The van der Waals surface area contributed by atoms with Gasteiger partial charge in [0.15, 0.2) is 0 Å². The van der Waals surface area contributed by atoms with E-state index in [2.05, 4.69) is 20.6 Å². The number of fused-ring (bicyclic) bond motifs is 1. The second-order valence-corrected chi connectivity index (χ2v) is 5.48. The molecule has 2 aromatic heterocycles. The van der Waals surface area contributed by atoms with Crippen molar-refractivity contribution >= 4 is 22.8 Å². The Labute approximate surface area is 138 Å². The van der Waals surface area contributed by atoms with Crippen molar-refractivity contribution in [2.24, 2.45) is 0 Å². The molecule has 0 bridgehead atoms. The summed E-state index contributed by atoms with van der Waals surface area (Å²) >= 11 is 0. The van der Waals surface area contributed by atoms with Crippen LogP contribution in [-0.4, -0.2) is 41.9 Å². The highest BCUT2D eigenvalue weighted by Gasteiger charge is 2.17. The van der Waals surface area contributed by atoms with E-state index in [0.29, 0.717) is 24.5 Å². The molecule has 1 unspecified atom stereocenters. The van der Waals surface area contributed by atoms with E-state index >= 15 is 0 Å². The molecule has 24 heavy (non-hydrogen) atoms. The average Bonchev–Trinajstić information content (AvgIpc) is 3.10. The van der Waals surface area contributed by atoms with Crippen molar-refractivity contribution in [3.8, 4) is 5.88 Å². The third kappa shape index (κ3) is 3.65. The van der Waals surface area contributed by atoms with Gasteiger partial charge in [0.2, 0.25) is 11.3 Å². The number of amides is 2. The van der Waals surface area contributed by atoms with E-state index in [9.17, 15) is 9.59 Å². The Morgan fingerprint density at radius 1 is 1.50 bits per heavy atom. The molecule has 3 rings (SSSR count). The molecule has 1 fully saturated rings. The number of H-pyrrole nitrogens is 1. The van der Waals surface area contributed by atoms with Gasteiger partial charge in [-0.3, -0.25) is 4.79 Å². The van der Waals surface area contributed by atoms with Crippen LogP contribution in [0.4, 0.5) is 10.5 Å². The lowest BCUT2D eigenvalue weighted by Crippen LogP contribution is -2.36. The summed E-state index contributed by atoms with van der Waals surface area (Å²) in [5.41, 5.74) is 0.567. The quantitative estimate of drug-likeness (QED) is 0.771. The number of urea groups is 1. The highest BCUT2D eigenvalue weighted by Crippen LogP contribution is 2.14. The number of anilines is 1. The van der Waals surface area contributed by atoms with Gasteiger partial charge in [-0.15, -0.1) is 0 Å². The molecule has 1 aliphatic rings. The maximum Gasteiger partial charge on any atom is 0.319 e. The van der Waals surface area contributed by atoms with Crippen molar-refractivity contribution in [1.82, 2.24) is 15.3 Å². The zero-order valence-corrected chi connectivity index (χ0v) is 13.4. The minimum Gasteiger partial charge on any atom is -0.478 e. The summed E-state index contributed by atoms with van der Waals surface area (Å²) in [6.07, 6.45) is 3.44. The van der Waals surface area contributed by atoms with Crippen LogP contribution in [0.3, 0.4) is 0 Å². The molecular formula is C16H20N4O4. The maximum absolute atomic E-state index is 12.5. The van der Waals surface area contributed by atoms with Crippen molar-refractivity contribution in [1.29, 1.82) is 0 Å². The number of pyridine rings is 2. The van der Waals surface area contributed by atoms with Crippen LogP contribution in [-0.2, 0) is 4.74 Å². The lowest BCUT2D eigenvalue weighted by Gasteiger charge is -2.11. The van der Waals surface area contributed by atoms with Crippen LogP contribution in [0.15, 0.2) is 23.1 Å². The molecule has 8 nitrogen and oxygen atoms in total. The summed E-state index contributed by atoms with van der Waals surface area (Å²) < 4.78 is 10.7. The normalized spacial score (nSPS) is 17.0. The molecule has 0 saturated carbocycles. The second kappa shape index (κ2) is 7.31. The molecule has 8 heteroatoms. The smallest absolute Gasteiger partial charge is 0.319 e. The maximum atomic E-state index is 12.5. The molecule has 0 aliphatic carbocycles. The van der Waals surface area contributed by atoms with Gasteiger partial charge >= 0.3 is 6.03 Å². The lowest BCUT2D eigenvalue weighted by atomic mass is 10.2. The summed E-state index contributed by atoms with van der Waals surface area (Å²) in [5, 5.41) is 5.25. The van der Waals surface area contributed by atoms with Crippen LogP contribution in [0.1, 0.15) is 19.8 Å². The van der Waals surface area contributed by atoms with E-state index in [4.69, 9.17) is 9.47 Å². The number of ether oxygens (including phenoxy) is 2. The van der Waals surface area contributed by atoms with Gasteiger partial charge in [0.1, 0.15) is 11.2 Å². The van der Waals surface area contributed by atoms with Gasteiger partial charge in [-0.25, -0.2) is 9.78 Å². The van der Waals surface area contributed by atoms with Crippen LogP contribution in [0, 0.1) is 0 Å². The van der Waals surface area contributed by atoms with Crippen molar-refractivity contribution < 1.29 is 14.3 Å². The van der Waals surface area contributed by atoms with Gasteiger partial charge in [-0.1, -0.05) is 0 Å². The van der Waals surface area contributed by atoms with Gasteiger partial charge in [-0.2, -0.15) is 0 Å². The molecule has 128 valence electrons. The predicted octanol–water partition coefficient (Wildman–Crippen LogP) is 1.62. The molecule has 0 spiro atoms. The zero-order chi connectivity index (χ0) is 16.9. The SMILES string of the molecule is CCOc1ccc2[nH]cc(NC(=O)NCC3CCCO3)c(=O)c2n1. The van der Waals surface area contributed by atoms with Crippen LogP contribution in [0.5, 0.6) is 5.88 Å². The Balaban J connectivity index is 1.72. The largest absolute Gasteiger partial charge is 0.478 e. The summed E-state index contributed by atoms with van der Waals surface area (Å²) in [6.45, 7) is 3.45. The fourth-order valence-electron chi connectivity index (χ4n) is 2.57. The minimum atomic E-state index is -0.448. The molecule has 2 amide bonds. The Morgan fingerprint density at radius 3 is 3.12 bits per heavy atom. The van der Waals surface area contributed by atoms with Gasteiger partial charge in [0, 0.05) is 25.4 Å². The first-order valence-electron chi connectivity index (χ1n) is 7.99. The van der Waals surface area contributed by atoms with E-state index in [1.807, 2.05) is 6.92 Å². The highest BCUT2D eigenvalue weighted by atomic mass is 16.5. The Hall–Kier alpha value is -2.61. The van der Waals surface area contributed by atoms with Crippen molar-refractivity contribution in [2.75, 3.05) is 25.1 Å². The molecule has 0 aromatic carbocycles. The number of rotatable bonds is 5. The number of carbonyl (C=O) groups is 1. The van der Waals surface area contributed by atoms with Crippen molar-refractivity contribution in [3.05, 3.63) is 28.6 Å². The minimum absolute atomic E-state index is 0.0426. The third-order valence-corrected chi connectivity index (χ3v) is 3.76. The fraction of sp³-hybridized carbons (Fsp3) is 0.438. The second-order valence-electron chi connectivity index (χ2n) is 5.48. The van der Waals surface area contributed by atoms with Crippen LogP contribution in [0.2, 0.25) is 0 Å². The Morgan fingerprint density at radius 2 is 2.38 bits per heavy atom. The number of carbonyl (C=O) groups excluding carboxylic acids is 1. The summed E-state index contributed by atoms with van der Waals surface area (Å²) in [7, 11) is 0. The topological polar surface area (TPSA) is 105 Å². The molecule has 2 aromatic rings. The van der Waals surface area contributed by atoms with E-state index in [1.54, 1.807) is 12.1 Å². The average molecular weight is 332 g/mol. The van der Waals surface area contributed by atoms with Gasteiger partial charge in [-0.05, 0) is 25.8 Å². The number of aromatic nitrogens is 2. The number of nitrogens with zero attached hydrogens (tertiary/aromatic N) is 1. The number of hydrogen-bond acceptors (Lipinski definition) is 5. The van der Waals surface area contributed by atoms with Crippen LogP contribution >= 0.6 is 0 Å². The molecule has 3 heterocycles. The van der Waals surface area contributed by atoms with Gasteiger partial charge in [0.25, 0.3) is 0 Å². The first kappa shape index (κ1) is 16.3. The molecule has 0 radical (unpaired) electrons. The predicted molar refractivity (Wildman–Crippen MR) is 89.5 cm³/mol. The van der Waals surface area contributed by atoms with Crippen molar-refractivity contribution in [2.45, 2.75) is 25.9 Å². The molecule has 1 aliphatic heterocycles. The zero-order valence-electron chi connectivity index (χ0n) is 13.4. The number of nitrogens with one attached hydrogen (secondary N) is 3. The van der Waals surface area contributed by atoms with Gasteiger partial charge < -0.3 is 25.1 Å². The van der Waals surface area contributed by atoms with E-state index in [0.717, 1.165) is 19.4 Å². The summed E-state index contributed by atoms with van der Waals surface area (Å²) in [6, 6.07) is 2.95. The molecule has 1 saturated heterocycles. The van der Waals surface area contributed by atoms with E-state index in [1.165, 1.54) is 6.20 Å². The fourth-order valence-corrected chi connectivity index (χ4v) is 2.57. The Bertz CT molecular complexity index is 783.